The molecule has 0 saturated carbocycles. The molecule has 3 aromatic carbocycles. The number of amides is 2. The van der Waals surface area contributed by atoms with E-state index in [1.807, 2.05) is 55.5 Å². The molecule has 0 aliphatic heterocycles. The van der Waals surface area contributed by atoms with Gasteiger partial charge in [0, 0.05) is 33.9 Å². The van der Waals surface area contributed by atoms with Crippen LogP contribution in [0.15, 0.2) is 84.7 Å². The minimum atomic E-state index is -0.416. The number of aromatic nitrogens is 1. The number of hydrogen-bond acceptors (Lipinski definition) is 3. The lowest BCUT2D eigenvalue weighted by molar-refractivity contribution is -0.113. The van der Waals surface area contributed by atoms with Gasteiger partial charge in [0.15, 0.2) is 0 Å². The first-order valence-corrected chi connectivity index (χ1v) is 10.2. The monoisotopic (exact) mass is 425 g/mol. The Balaban J connectivity index is 1.72. The van der Waals surface area contributed by atoms with Gasteiger partial charge in [-0.25, -0.2) is 0 Å². The first-order valence-electron chi connectivity index (χ1n) is 10.2. The van der Waals surface area contributed by atoms with Crippen LogP contribution in [0.2, 0.25) is 0 Å². The van der Waals surface area contributed by atoms with Gasteiger partial charge < -0.3 is 20.4 Å². The van der Waals surface area contributed by atoms with E-state index in [1.165, 1.54) is 0 Å². The summed E-state index contributed by atoms with van der Waals surface area (Å²) in [4.78, 5) is 29.2. The van der Waals surface area contributed by atoms with E-state index < -0.39 is 5.91 Å². The number of carbonyl (C=O) groups is 2. The summed E-state index contributed by atoms with van der Waals surface area (Å²) in [6.45, 7) is 1.91. The number of fused-ring (bicyclic) bond motifs is 1. The fourth-order valence-electron chi connectivity index (χ4n) is 3.37. The Morgan fingerprint density at radius 3 is 2.47 bits per heavy atom. The summed E-state index contributed by atoms with van der Waals surface area (Å²) in [6, 6.07) is 21.9. The van der Waals surface area contributed by atoms with Gasteiger partial charge in [-0.2, -0.15) is 0 Å². The zero-order valence-electron chi connectivity index (χ0n) is 17.8. The number of benzene rings is 3. The Bertz CT molecular complexity index is 1310. The first-order chi connectivity index (χ1) is 15.5. The van der Waals surface area contributed by atoms with Gasteiger partial charge >= 0.3 is 0 Å². The Labute approximate surface area is 185 Å². The molecule has 6 heteroatoms. The van der Waals surface area contributed by atoms with E-state index in [9.17, 15) is 9.59 Å². The molecule has 0 unspecified atom stereocenters. The van der Waals surface area contributed by atoms with E-state index in [1.54, 1.807) is 43.6 Å². The molecular formula is C26H23N3O3. The lowest BCUT2D eigenvalue weighted by Gasteiger charge is -2.12. The van der Waals surface area contributed by atoms with Crippen LogP contribution >= 0.6 is 0 Å². The van der Waals surface area contributed by atoms with Gasteiger partial charge in [0.1, 0.15) is 11.4 Å². The minimum absolute atomic E-state index is 0.130. The number of rotatable bonds is 6. The maximum absolute atomic E-state index is 13.2. The van der Waals surface area contributed by atoms with E-state index in [0.29, 0.717) is 17.0 Å². The molecule has 160 valence electrons. The molecular weight excluding hydrogens is 402 g/mol. The molecule has 0 spiro atoms. The van der Waals surface area contributed by atoms with E-state index in [2.05, 4.69) is 15.6 Å². The number of aromatic amines is 1. The minimum Gasteiger partial charge on any atom is -0.497 e. The number of anilines is 1. The van der Waals surface area contributed by atoms with Gasteiger partial charge in [-0.3, -0.25) is 9.59 Å². The highest BCUT2D eigenvalue weighted by Gasteiger charge is 2.16. The molecule has 32 heavy (non-hydrogen) atoms. The van der Waals surface area contributed by atoms with Crippen molar-refractivity contribution in [2.45, 2.75) is 6.92 Å². The van der Waals surface area contributed by atoms with Crippen molar-refractivity contribution in [3.05, 3.63) is 101 Å². The quantitative estimate of drug-likeness (QED) is 0.385. The summed E-state index contributed by atoms with van der Waals surface area (Å²) < 4.78 is 5.33. The lowest BCUT2D eigenvalue weighted by Crippen LogP contribution is -2.30. The van der Waals surface area contributed by atoms with Crippen molar-refractivity contribution in [2.24, 2.45) is 0 Å². The van der Waals surface area contributed by atoms with Crippen LogP contribution in [0.25, 0.3) is 17.0 Å². The van der Waals surface area contributed by atoms with Crippen molar-refractivity contribution >= 4 is 34.5 Å². The van der Waals surface area contributed by atoms with Crippen LogP contribution in [0, 0.1) is 6.92 Å². The Kier molecular flexibility index (Phi) is 6.03. The maximum Gasteiger partial charge on any atom is 0.272 e. The lowest BCUT2D eigenvalue weighted by atomic mass is 10.1. The van der Waals surface area contributed by atoms with Crippen LogP contribution in [0.5, 0.6) is 5.75 Å². The fourth-order valence-corrected chi connectivity index (χ4v) is 3.37. The van der Waals surface area contributed by atoms with Gasteiger partial charge in [-0.15, -0.1) is 0 Å². The van der Waals surface area contributed by atoms with Crippen LogP contribution in [-0.2, 0) is 4.79 Å². The van der Waals surface area contributed by atoms with Crippen LogP contribution in [0.3, 0.4) is 0 Å². The van der Waals surface area contributed by atoms with E-state index in [0.717, 1.165) is 22.0 Å². The number of H-pyrrole nitrogens is 1. The van der Waals surface area contributed by atoms with Crippen molar-refractivity contribution in [3.63, 3.8) is 0 Å². The zero-order valence-corrected chi connectivity index (χ0v) is 17.8. The molecule has 4 aromatic rings. The van der Waals surface area contributed by atoms with Crippen LogP contribution < -0.4 is 15.4 Å². The smallest absolute Gasteiger partial charge is 0.272 e. The van der Waals surface area contributed by atoms with Gasteiger partial charge in [0.05, 0.1) is 7.11 Å². The number of aryl methyl sites for hydroxylation is 1. The van der Waals surface area contributed by atoms with Crippen molar-refractivity contribution in [2.75, 3.05) is 12.4 Å². The Morgan fingerprint density at radius 1 is 0.969 bits per heavy atom. The third-order valence-corrected chi connectivity index (χ3v) is 5.14. The van der Waals surface area contributed by atoms with Gasteiger partial charge in [0.2, 0.25) is 0 Å². The number of hydrogen-bond donors (Lipinski definition) is 3. The number of carbonyl (C=O) groups excluding carboxylic acids is 2. The van der Waals surface area contributed by atoms with Gasteiger partial charge in [-0.1, -0.05) is 36.4 Å². The molecule has 1 heterocycles. The fraction of sp³-hybridized carbons (Fsp3) is 0.0769. The summed E-state index contributed by atoms with van der Waals surface area (Å²) in [7, 11) is 1.60. The molecule has 4 rings (SSSR count). The molecule has 0 radical (unpaired) electrons. The summed E-state index contributed by atoms with van der Waals surface area (Å²) in [5, 5.41) is 6.54. The maximum atomic E-state index is 13.2. The van der Waals surface area contributed by atoms with E-state index >= 15 is 0 Å². The van der Waals surface area contributed by atoms with Crippen molar-refractivity contribution in [3.8, 4) is 5.75 Å². The third-order valence-electron chi connectivity index (χ3n) is 5.14. The second-order valence-corrected chi connectivity index (χ2v) is 7.30. The summed E-state index contributed by atoms with van der Waals surface area (Å²) in [5.74, 6) is -0.0824. The van der Waals surface area contributed by atoms with Gasteiger partial charge in [0.25, 0.3) is 11.8 Å². The largest absolute Gasteiger partial charge is 0.497 e. The normalized spacial score (nSPS) is 11.2. The van der Waals surface area contributed by atoms with E-state index in [-0.39, 0.29) is 11.6 Å². The van der Waals surface area contributed by atoms with Crippen LogP contribution in [-0.4, -0.2) is 23.9 Å². The highest BCUT2D eigenvalue weighted by Crippen LogP contribution is 2.25. The molecule has 0 aliphatic rings. The Hall–Kier alpha value is -4.32. The molecule has 6 nitrogen and oxygen atoms in total. The van der Waals surface area contributed by atoms with Crippen LogP contribution in [0.4, 0.5) is 5.69 Å². The summed E-state index contributed by atoms with van der Waals surface area (Å²) >= 11 is 0. The first kappa shape index (κ1) is 20.9. The number of para-hydroxylation sites is 1. The predicted octanol–water partition coefficient (Wildman–Crippen LogP) is 4.89. The molecule has 0 fully saturated rings. The molecule has 0 bridgehead atoms. The second kappa shape index (κ2) is 9.22. The molecule has 2 amide bonds. The Morgan fingerprint density at radius 2 is 1.72 bits per heavy atom. The van der Waals surface area contributed by atoms with Crippen molar-refractivity contribution in [1.29, 1.82) is 0 Å². The standard InChI is InChI=1S/C26H23N3O3/c1-17-8-6-7-11-22(17)28-26(31)24(29-25(30)18-9-4-3-5-10-18)14-19-16-27-23-13-12-20(32-2)15-21(19)23/h3-16,27H,1-2H3,(H,28,31)(H,29,30)/b24-14-. The summed E-state index contributed by atoms with van der Waals surface area (Å²) in [5.41, 5.74) is 3.84. The highest BCUT2D eigenvalue weighted by molar-refractivity contribution is 6.11. The molecule has 3 N–H and O–H groups in total. The van der Waals surface area contributed by atoms with E-state index in [4.69, 9.17) is 4.74 Å². The number of nitrogens with one attached hydrogen (secondary N) is 3. The molecule has 0 saturated heterocycles. The molecule has 1 aromatic heterocycles. The second-order valence-electron chi connectivity index (χ2n) is 7.30. The van der Waals surface area contributed by atoms with Crippen molar-refractivity contribution in [1.82, 2.24) is 10.3 Å². The van der Waals surface area contributed by atoms with Crippen molar-refractivity contribution < 1.29 is 14.3 Å². The highest BCUT2D eigenvalue weighted by atomic mass is 16.5. The topological polar surface area (TPSA) is 83.2 Å². The summed E-state index contributed by atoms with van der Waals surface area (Å²) in [6.07, 6.45) is 3.45. The van der Waals surface area contributed by atoms with Crippen LogP contribution in [0.1, 0.15) is 21.5 Å². The number of methoxy groups -OCH3 is 1. The average Bonchev–Trinajstić information content (AvgIpc) is 3.22. The SMILES string of the molecule is COc1ccc2[nH]cc(/C=C(\NC(=O)c3ccccc3)C(=O)Nc3ccccc3C)c2c1. The molecule has 0 atom stereocenters. The zero-order chi connectivity index (χ0) is 22.5. The van der Waals surface area contributed by atoms with Gasteiger partial charge in [-0.05, 0) is 55.0 Å². The number of ether oxygens (including phenoxy) is 1. The average molecular weight is 425 g/mol. The third kappa shape index (κ3) is 4.54. The predicted molar refractivity (Wildman–Crippen MR) is 127 cm³/mol. The molecule has 0 aliphatic carbocycles.